The summed E-state index contributed by atoms with van der Waals surface area (Å²) in [6, 6.07) is 29.1. The quantitative estimate of drug-likeness (QED) is 0.321. The van der Waals surface area contributed by atoms with Crippen LogP contribution in [0.5, 0.6) is 0 Å². The van der Waals surface area contributed by atoms with Crippen molar-refractivity contribution in [3.8, 4) is 0 Å². The van der Waals surface area contributed by atoms with Crippen LogP contribution >= 0.6 is 0 Å². The maximum atomic E-state index is 13.2. The van der Waals surface area contributed by atoms with Crippen LogP contribution in [0.4, 0.5) is 0 Å². The largest absolute Gasteiger partial charge is 0.420 e. The number of nitrogens with zero attached hydrogens (tertiary/aromatic N) is 2. The van der Waals surface area contributed by atoms with Gasteiger partial charge in [-0.2, -0.15) is 0 Å². The molecule has 7 nitrogen and oxygen atoms in total. The van der Waals surface area contributed by atoms with Crippen molar-refractivity contribution in [2.24, 2.45) is 0 Å². The first-order chi connectivity index (χ1) is 17.6. The molecule has 4 aromatic carbocycles. The lowest BCUT2D eigenvalue weighted by Gasteiger charge is -2.05. The summed E-state index contributed by atoms with van der Waals surface area (Å²) in [4.78, 5) is 38.2. The third kappa shape index (κ3) is 3.86. The van der Waals surface area contributed by atoms with Gasteiger partial charge in [0.05, 0.1) is 24.1 Å². The topological polar surface area (TPSA) is 87.3 Å². The van der Waals surface area contributed by atoms with Crippen LogP contribution in [-0.4, -0.2) is 14.9 Å². The molecule has 0 bridgehead atoms. The molecule has 6 rings (SSSR count). The molecule has 0 spiro atoms. The summed E-state index contributed by atoms with van der Waals surface area (Å²) < 4.78 is 13.9. The molecule has 6 aromatic rings. The van der Waals surface area contributed by atoms with Gasteiger partial charge in [0.15, 0.2) is 16.9 Å². The van der Waals surface area contributed by atoms with Crippen LogP contribution in [0.2, 0.25) is 0 Å². The molecule has 0 unspecified atom stereocenters. The molecule has 0 aliphatic carbocycles. The highest BCUT2D eigenvalue weighted by molar-refractivity contribution is 6.11. The molecule has 0 aliphatic heterocycles. The van der Waals surface area contributed by atoms with Crippen molar-refractivity contribution in [1.29, 1.82) is 0 Å². The summed E-state index contributed by atoms with van der Waals surface area (Å²) in [6.45, 7) is 0.741. The SMILES string of the molecule is O=C(c1ccc2c(c1)oc(=O)n2Cc1ccccc1)c1ccc2c(c1)oc(=O)n2Cc1ccccc1. The third-order valence-electron chi connectivity index (χ3n) is 6.23. The van der Waals surface area contributed by atoms with E-state index in [4.69, 9.17) is 8.83 Å². The van der Waals surface area contributed by atoms with Crippen LogP contribution in [0.1, 0.15) is 27.0 Å². The van der Waals surface area contributed by atoms with Gasteiger partial charge in [-0.25, -0.2) is 9.59 Å². The lowest BCUT2D eigenvalue weighted by molar-refractivity contribution is 0.103. The number of benzene rings is 4. The Morgan fingerprint density at radius 1 is 0.583 bits per heavy atom. The molecule has 36 heavy (non-hydrogen) atoms. The van der Waals surface area contributed by atoms with Gasteiger partial charge in [-0.1, -0.05) is 60.7 Å². The molecular weight excluding hydrogens is 456 g/mol. The molecule has 7 heteroatoms. The first-order valence-electron chi connectivity index (χ1n) is 11.5. The van der Waals surface area contributed by atoms with E-state index in [2.05, 4.69) is 0 Å². The van der Waals surface area contributed by atoms with Crippen molar-refractivity contribution in [3.63, 3.8) is 0 Å². The van der Waals surface area contributed by atoms with E-state index in [1.54, 1.807) is 36.4 Å². The van der Waals surface area contributed by atoms with E-state index in [1.165, 1.54) is 9.13 Å². The second-order valence-electron chi connectivity index (χ2n) is 8.57. The minimum atomic E-state index is -0.485. The van der Waals surface area contributed by atoms with Crippen LogP contribution in [0, 0.1) is 0 Å². The van der Waals surface area contributed by atoms with Crippen molar-refractivity contribution in [2.75, 3.05) is 0 Å². The first-order valence-corrected chi connectivity index (χ1v) is 11.5. The summed E-state index contributed by atoms with van der Waals surface area (Å²) in [7, 11) is 0. The van der Waals surface area contributed by atoms with Crippen LogP contribution in [0.25, 0.3) is 22.2 Å². The highest BCUT2D eigenvalue weighted by atomic mass is 16.4. The zero-order valence-electron chi connectivity index (χ0n) is 19.1. The average Bonchev–Trinajstić information content (AvgIpc) is 3.39. The second-order valence-corrected chi connectivity index (χ2v) is 8.57. The average molecular weight is 476 g/mol. The number of hydrogen-bond acceptors (Lipinski definition) is 5. The molecule has 0 atom stereocenters. The summed E-state index contributed by atoms with van der Waals surface area (Å²) in [5, 5.41) is 0. The van der Waals surface area contributed by atoms with Crippen LogP contribution in [0.3, 0.4) is 0 Å². The van der Waals surface area contributed by atoms with Gasteiger partial charge in [-0.05, 0) is 47.5 Å². The Morgan fingerprint density at radius 3 is 1.42 bits per heavy atom. The normalized spacial score (nSPS) is 11.3. The Hall–Kier alpha value is -4.91. The van der Waals surface area contributed by atoms with Crippen molar-refractivity contribution in [1.82, 2.24) is 9.13 Å². The number of oxazole rings is 2. The summed E-state index contributed by atoms with van der Waals surface area (Å²) in [5.41, 5.74) is 4.57. The number of fused-ring (bicyclic) bond motifs is 2. The van der Waals surface area contributed by atoms with Gasteiger partial charge in [0.25, 0.3) is 0 Å². The van der Waals surface area contributed by atoms with E-state index < -0.39 is 11.5 Å². The van der Waals surface area contributed by atoms with Gasteiger partial charge in [0.1, 0.15) is 0 Å². The molecular formula is C29H20N2O5. The minimum Gasteiger partial charge on any atom is -0.408 e. The van der Waals surface area contributed by atoms with Gasteiger partial charge in [0.2, 0.25) is 0 Å². The highest BCUT2D eigenvalue weighted by Gasteiger charge is 2.17. The van der Waals surface area contributed by atoms with E-state index in [9.17, 15) is 14.4 Å². The predicted octanol–water partition coefficient (Wildman–Crippen LogP) is 4.83. The van der Waals surface area contributed by atoms with E-state index in [0.717, 1.165) is 11.1 Å². The van der Waals surface area contributed by atoms with Crippen LogP contribution in [-0.2, 0) is 13.1 Å². The molecule has 0 aliphatic rings. The molecule has 0 radical (unpaired) electrons. The molecule has 2 aromatic heterocycles. The van der Waals surface area contributed by atoms with Gasteiger partial charge in [-0.15, -0.1) is 0 Å². The fourth-order valence-corrected chi connectivity index (χ4v) is 4.41. The zero-order valence-corrected chi connectivity index (χ0v) is 19.1. The first kappa shape index (κ1) is 21.6. The predicted molar refractivity (Wildman–Crippen MR) is 135 cm³/mol. The molecule has 0 saturated carbocycles. The maximum absolute atomic E-state index is 13.2. The lowest BCUT2D eigenvalue weighted by atomic mass is 10.0. The van der Waals surface area contributed by atoms with Crippen LogP contribution < -0.4 is 11.5 Å². The molecule has 0 amide bonds. The van der Waals surface area contributed by atoms with E-state index in [-0.39, 0.29) is 5.78 Å². The zero-order chi connectivity index (χ0) is 24.6. The smallest absolute Gasteiger partial charge is 0.408 e. The van der Waals surface area contributed by atoms with Crippen LogP contribution in [0.15, 0.2) is 115 Å². The number of hydrogen-bond donors (Lipinski definition) is 0. The van der Waals surface area contributed by atoms with Gasteiger partial charge in [0, 0.05) is 11.1 Å². The van der Waals surface area contributed by atoms with Crippen molar-refractivity contribution in [2.45, 2.75) is 13.1 Å². The molecule has 0 saturated heterocycles. The number of carbonyl (C=O) groups excluding carboxylic acids is 1. The maximum Gasteiger partial charge on any atom is 0.420 e. The standard InChI is InChI=1S/C29H20N2O5/c32-27(21-11-13-23-25(15-21)35-28(33)30(23)17-19-7-3-1-4-8-19)22-12-14-24-26(16-22)36-29(34)31(24)18-20-9-5-2-6-10-20/h1-16H,17-18H2. The van der Waals surface area contributed by atoms with Gasteiger partial charge < -0.3 is 8.83 Å². The Morgan fingerprint density at radius 2 is 1.00 bits per heavy atom. The van der Waals surface area contributed by atoms with E-state index in [0.29, 0.717) is 46.4 Å². The monoisotopic (exact) mass is 476 g/mol. The number of ketones is 1. The number of aromatic nitrogens is 2. The Balaban J connectivity index is 1.32. The Labute approximate surface area is 204 Å². The molecule has 176 valence electrons. The minimum absolute atomic E-state index is 0.268. The highest BCUT2D eigenvalue weighted by Crippen LogP contribution is 2.22. The Bertz CT molecular complexity index is 1700. The summed E-state index contributed by atoms with van der Waals surface area (Å²) in [6.07, 6.45) is 0. The second kappa shape index (κ2) is 8.70. The molecule has 0 fully saturated rings. The number of rotatable bonds is 6. The lowest BCUT2D eigenvalue weighted by Crippen LogP contribution is -2.14. The van der Waals surface area contributed by atoms with Crippen molar-refractivity contribution < 1.29 is 13.6 Å². The fraction of sp³-hybridized carbons (Fsp3) is 0.0690. The number of carbonyl (C=O) groups is 1. The van der Waals surface area contributed by atoms with E-state index >= 15 is 0 Å². The Kier molecular flexibility index (Phi) is 5.22. The van der Waals surface area contributed by atoms with E-state index in [1.807, 2.05) is 60.7 Å². The molecule has 0 N–H and O–H groups in total. The third-order valence-corrected chi connectivity index (χ3v) is 6.23. The van der Waals surface area contributed by atoms with Gasteiger partial charge >= 0.3 is 11.5 Å². The molecule has 2 heterocycles. The van der Waals surface area contributed by atoms with Crippen molar-refractivity contribution in [3.05, 3.63) is 140 Å². The summed E-state index contributed by atoms with van der Waals surface area (Å²) >= 11 is 0. The fourth-order valence-electron chi connectivity index (χ4n) is 4.41. The van der Waals surface area contributed by atoms with Gasteiger partial charge in [-0.3, -0.25) is 13.9 Å². The summed E-state index contributed by atoms with van der Waals surface area (Å²) in [5.74, 6) is -1.24. The van der Waals surface area contributed by atoms with Crippen molar-refractivity contribution >= 4 is 28.0 Å².